The van der Waals surface area contributed by atoms with Gasteiger partial charge in [-0.25, -0.2) is 4.98 Å². The first-order valence-corrected chi connectivity index (χ1v) is 9.34. The predicted molar refractivity (Wildman–Crippen MR) is 101 cm³/mol. The van der Waals surface area contributed by atoms with Gasteiger partial charge in [0.15, 0.2) is 0 Å². The molecule has 1 fully saturated rings. The molecule has 5 rings (SSSR count). The van der Waals surface area contributed by atoms with Crippen molar-refractivity contribution in [2.24, 2.45) is 7.05 Å². The van der Waals surface area contributed by atoms with E-state index in [9.17, 15) is 9.59 Å². The zero-order chi connectivity index (χ0) is 18.7. The minimum Gasteiger partial charge on any atom is -0.330 e. The molecule has 1 aromatic carbocycles. The number of hydrogen-bond acceptors (Lipinski definition) is 4. The van der Waals surface area contributed by atoms with Crippen molar-refractivity contribution in [3.05, 3.63) is 57.9 Å². The fourth-order valence-corrected chi connectivity index (χ4v) is 4.50. The van der Waals surface area contributed by atoms with Crippen LogP contribution in [0.1, 0.15) is 34.7 Å². The molecule has 2 atom stereocenters. The van der Waals surface area contributed by atoms with E-state index in [1.165, 1.54) is 0 Å². The fraction of sp³-hybridized carbons (Fsp3) is 0.400. The number of aryl methyl sites for hydroxylation is 1. The third kappa shape index (κ3) is 2.34. The van der Waals surface area contributed by atoms with Gasteiger partial charge in [-0.05, 0) is 31.9 Å². The fourth-order valence-electron chi connectivity index (χ4n) is 4.50. The summed E-state index contributed by atoms with van der Waals surface area (Å²) < 4.78 is 3.50. The van der Waals surface area contributed by atoms with E-state index < -0.39 is 0 Å². The first-order valence-electron chi connectivity index (χ1n) is 9.34. The number of amides is 1. The van der Waals surface area contributed by atoms with E-state index in [1.54, 1.807) is 15.4 Å². The molecule has 7 nitrogen and oxygen atoms in total. The summed E-state index contributed by atoms with van der Waals surface area (Å²) in [5.74, 6) is 0.796. The Morgan fingerprint density at radius 1 is 1.19 bits per heavy atom. The van der Waals surface area contributed by atoms with E-state index in [0.717, 1.165) is 29.9 Å². The zero-order valence-electron chi connectivity index (χ0n) is 15.4. The van der Waals surface area contributed by atoms with Gasteiger partial charge in [0.05, 0.1) is 28.7 Å². The van der Waals surface area contributed by atoms with Crippen LogP contribution in [0.25, 0.3) is 10.9 Å². The molecule has 3 aromatic rings. The highest BCUT2D eigenvalue weighted by molar-refractivity contribution is 5.95. The molecule has 7 heteroatoms. The molecule has 138 valence electrons. The third-order valence-electron chi connectivity index (χ3n) is 6.07. The van der Waals surface area contributed by atoms with Crippen LogP contribution >= 0.6 is 0 Å². The summed E-state index contributed by atoms with van der Waals surface area (Å²) in [5.41, 5.74) is 2.23. The number of carbonyl (C=O) groups excluding carboxylic acids is 1. The number of rotatable bonds is 1. The van der Waals surface area contributed by atoms with E-state index in [1.807, 2.05) is 43.1 Å². The van der Waals surface area contributed by atoms with Gasteiger partial charge in [0.1, 0.15) is 5.82 Å². The summed E-state index contributed by atoms with van der Waals surface area (Å²) in [6.45, 7) is 2.42. The molecular formula is C20H21N5O2. The van der Waals surface area contributed by atoms with Crippen molar-refractivity contribution in [3.63, 3.8) is 0 Å². The molecule has 2 aliphatic rings. The van der Waals surface area contributed by atoms with Crippen LogP contribution in [0.15, 0.2) is 35.3 Å². The lowest BCUT2D eigenvalue weighted by Crippen LogP contribution is -2.42. The van der Waals surface area contributed by atoms with Crippen molar-refractivity contribution in [2.75, 3.05) is 0 Å². The number of hydrogen-bond donors (Lipinski definition) is 0. The Morgan fingerprint density at radius 2 is 1.96 bits per heavy atom. The summed E-state index contributed by atoms with van der Waals surface area (Å²) >= 11 is 0. The Bertz CT molecular complexity index is 1130. The van der Waals surface area contributed by atoms with Gasteiger partial charge in [0.25, 0.3) is 11.5 Å². The van der Waals surface area contributed by atoms with Gasteiger partial charge >= 0.3 is 0 Å². The summed E-state index contributed by atoms with van der Waals surface area (Å²) in [7, 11) is 1.84. The van der Waals surface area contributed by atoms with Gasteiger partial charge in [-0.2, -0.15) is 5.10 Å². The molecule has 1 saturated heterocycles. The molecule has 0 unspecified atom stereocenters. The van der Waals surface area contributed by atoms with Crippen LogP contribution in [-0.2, 0) is 20.0 Å². The van der Waals surface area contributed by atoms with Gasteiger partial charge in [-0.3, -0.25) is 18.8 Å². The van der Waals surface area contributed by atoms with E-state index in [4.69, 9.17) is 4.98 Å². The topological polar surface area (TPSA) is 73.0 Å². The van der Waals surface area contributed by atoms with Crippen molar-refractivity contribution < 1.29 is 4.79 Å². The number of carbonyl (C=O) groups is 1. The third-order valence-corrected chi connectivity index (χ3v) is 6.07. The molecule has 2 bridgehead atoms. The molecule has 2 aliphatic heterocycles. The predicted octanol–water partition coefficient (Wildman–Crippen LogP) is 1.67. The normalized spacial score (nSPS) is 21.3. The Balaban J connectivity index is 1.59. The number of para-hydroxylation sites is 1. The quantitative estimate of drug-likeness (QED) is 0.659. The van der Waals surface area contributed by atoms with Crippen molar-refractivity contribution in [1.29, 1.82) is 0 Å². The Kier molecular flexibility index (Phi) is 3.47. The Morgan fingerprint density at radius 3 is 2.74 bits per heavy atom. The largest absolute Gasteiger partial charge is 0.330 e. The Hall–Kier alpha value is -2.96. The van der Waals surface area contributed by atoms with Gasteiger partial charge in [-0.1, -0.05) is 12.1 Å². The summed E-state index contributed by atoms with van der Waals surface area (Å²) in [4.78, 5) is 33.0. The van der Waals surface area contributed by atoms with Crippen molar-refractivity contribution >= 4 is 16.8 Å². The first kappa shape index (κ1) is 16.2. The number of benzene rings is 1. The van der Waals surface area contributed by atoms with Crippen molar-refractivity contribution in [2.45, 2.75) is 44.8 Å². The van der Waals surface area contributed by atoms with Gasteiger partial charge < -0.3 is 4.90 Å². The first-order chi connectivity index (χ1) is 13.0. The number of fused-ring (bicyclic) bond motifs is 4. The molecule has 0 aliphatic carbocycles. The molecular weight excluding hydrogens is 342 g/mol. The van der Waals surface area contributed by atoms with Gasteiger partial charge in [0, 0.05) is 31.7 Å². The van der Waals surface area contributed by atoms with Crippen LogP contribution in [0.4, 0.5) is 0 Å². The van der Waals surface area contributed by atoms with Crippen LogP contribution in [0, 0.1) is 6.92 Å². The molecule has 2 aromatic heterocycles. The summed E-state index contributed by atoms with van der Waals surface area (Å²) in [5, 5.41) is 4.86. The van der Waals surface area contributed by atoms with Crippen LogP contribution in [0.3, 0.4) is 0 Å². The SMILES string of the molecule is Cc1c(C(=O)N2[C@H]3CC[C@H]2Cn2c(nc4ccccc4c2=O)C3)cnn1C. The highest BCUT2D eigenvalue weighted by Crippen LogP contribution is 2.32. The smallest absolute Gasteiger partial charge is 0.261 e. The molecule has 0 saturated carbocycles. The molecule has 27 heavy (non-hydrogen) atoms. The van der Waals surface area contributed by atoms with Crippen LogP contribution in [-0.4, -0.2) is 42.2 Å². The van der Waals surface area contributed by atoms with E-state index in [-0.39, 0.29) is 23.6 Å². The van der Waals surface area contributed by atoms with Gasteiger partial charge in [0.2, 0.25) is 0 Å². The number of nitrogens with zero attached hydrogens (tertiary/aromatic N) is 5. The second kappa shape index (κ2) is 5.77. The van der Waals surface area contributed by atoms with E-state index >= 15 is 0 Å². The lowest BCUT2D eigenvalue weighted by atomic mass is 10.1. The van der Waals surface area contributed by atoms with Crippen LogP contribution < -0.4 is 5.56 Å². The second-order valence-electron chi connectivity index (χ2n) is 7.53. The maximum absolute atomic E-state index is 13.3. The van der Waals surface area contributed by atoms with Crippen molar-refractivity contribution in [1.82, 2.24) is 24.2 Å². The maximum Gasteiger partial charge on any atom is 0.261 e. The van der Waals surface area contributed by atoms with E-state index in [2.05, 4.69) is 5.10 Å². The lowest BCUT2D eigenvalue weighted by molar-refractivity contribution is 0.0665. The highest BCUT2D eigenvalue weighted by Gasteiger charge is 2.41. The average molecular weight is 363 g/mol. The minimum atomic E-state index is -0.00638. The standard InChI is InChI=1S/C20H21N5O2/c1-12-16(10-21-23(12)2)20(27)25-13-7-8-14(25)11-24-18(9-13)22-17-6-4-3-5-15(17)19(24)26/h3-6,10,13-14H,7-9,11H2,1-2H3/t13-,14-/m0/s1. The molecule has 0 radical (unpaired) electrons. The van der Waals surface area contributed by atoms with Crippen LogP contribution in [0.2, 0.25) is 0 Å². The monoisotopic (exact) mass is 363 g/mol. The summed E-state index contributed by atoms with van der Waals surface area (Å²) in [6, 6.07) is 7.55. The number of aromatic nitrogens is 4. The van der Waals surface area contributed by atoms with Gasteiger partial charge in [-0.15, -0.1) is 0 Å². The maximum atomic E-state index is 13.3. The minimum absolute atomic E-state index is 0.00638. The zero-order valence-corrected chi connectivity index (χ0v) is 15.4. The lowest BCUT2D eigenvalue weighted by Gasteiger charge is -2.27. The molecule has 1 amide bonds. The Labute approximate surface area is 156 Å². The highest BCUT2D eigenvalue weighted by atomic mass is 16.2. The van der Waals surface area contributed by atoms with Crippen LogP contribution in [0.5, 0.6) is 0 Å². The second-order valence-corrected chi connectivity index (χ2v) is 7.53. The average Bonchev–Trinajstić information content (AvgIpc) is 3.15. The molecule has 0 N–H and O–H groups in total. The van der Waals surface area contributed by atoms with Crippen molar-refractivity contribution in [3.8, 4) is 0 Å². The summed E-state index contributed by atoms with van der Waals surface area (Å²) in [6.07, 6.45) is 4.11. The molecule has 0 spiro atoms. The van der Waals surface area contributed by atoms with E-state index in [0.29, 0.717) is 23.9 Å². The molecule has 4 heterocycles.